The number of piperidine rings is 1. The molecule has 2 fully saturated rings. The highest BCUT2D eigenvalue weighted by atomic mass is 16.5. The van der Waals surface area contributed by atoms with E-state index in [9.17, 15) is 4.79 Å². The van der Waals surface area contributed by atoms with Crippen LogP contribution in [0.5, 0.6) is 5.75 Å². The first-order valence-electron chi connectivity index (χ1n) is 9.93. The Balaban J connectivity index is 1.28. The molecule has 0 amide bonds. The van der Waals surface area contributed by atoms with Crippen molar-refractivity contribution in [3.05, 3.63) is 64.1 Å². The molecule has 1 saturated heterocycles. The Morgan fingerprint density at radius 1 is 1.00 bits per heavy atom. The summed E-state index contributed by atoms with van der Waals surface area (Å²) in [6.07, 6.45) is 9.42. The van der Waals surface area contributed by atoms with E-state index < -0.39 is 0 Å². The molecule has 1 aliphatic carbocycles. The van der Waals surface area contributed by atoms with E-state index in [0.717, 1.165) is 38.2 Å². The number of aromatic nitrogens is 1. The molecule has 26 heavy (non-hydrogen) atoms. The molecule has 4 rings (SSSR count). The topological polar surface area (TPSA) is 45.3 Å². The summed E-state index contributed by atoms with van der Waals surface area (Å²) in [4.78, 5) is 16.7. The molecule has 2 heterocycles. The van der Waals surface area contributed by atoms with Crippen LogP contribution < -0.4 is 10.3 Å². The molecule has 4 heteroatoms. The van der Waals surface area contributed by atoms with Gasteiger partial charge in [0, 0.05) is 18.8 Å². The third-order valence-electron chi connectivity index (χ3n) is 5.79. The minimum Gasteiger partial charge on any atom is -0.490 e. The predicted molar refractivity (Wildman–Crippen MR) is 104 cm³/mol. The molecular formula is C22H28N2O2. The number of rotatable bonds is 5. The molecular weight excluding hydrogens is 324 g/mol. The molecule has 2 aromatic rings. The number of hydrogen-bond donors (Lipinski definition) is 1. The Bertz CT molecular complexity index is 754. The van der Waals surface area contributed by atoms with Crippen molar-refractivity contribution in [3.63, 3.8) is 0 Å². The first-order chi connectivity index (χ1) is 12.8. The van der Waals surface area contributed by atoms with Crippen molar-refractivity contribution in [2.75, 3.05) is 13.1 Å². The minimum atomic E-state index is 0.00448. The minimum absolute atomic E-state index is 0.00448. The van der Waals surface area contributed by atoms with Gasteiger partial charge in [0.25, 0.3) is 0 Å². The Kier molecular flexibility index (Phi) is 5.40. The van der Waals surface area contributed by atoms with Crippen LogP contribution in [0.1, 0.15) is 55.6 Å². The van der Waals surface area contributed by atoms with Gasteiger partial charge >= 0.3 is 0 Å². The van der Waals surface area contributed by atoms with Crippen LogP contribution in [0.4, 0.5) is 0 Å². The summed E-state index contributed by atoms with van der Waals surface area (Å²) in [5, 5.41) is 0. The lowest BCUT2D eigenvalue weighted by Crippen LogP contribution is -2.32. The maximum atomic E-state index is 11.5. The number of H-pyrrole nitrogens is 1. The van der Waals surface area contributed by atoms with Gasteiger partial charge in [-0.25, -0.2) is 0 Å². The Morgan fingerprint density at radius 2 is 1.73 bits per heavy atom. The van der Waals surface area contributed by atoms with Crippen molar-refractivity contribution in [3.8, 4) is 5.75 Å². The molecule has 2 aliphatic rings. The van der Waals surface area contributed by atoms with E-state index in [4.69, 9.17) is 4.74 Å². The van der Waals surface area contributed by atoms with E-state index in [1.807, 2.05) is 6.07 Å². The highest BCUT2D eigenvalue weighted by Crippen LogP contribution is 2.28. The van der Waals surface area contributed by atoms with E-state index in [1.165, 1.54) is 36.8 Å². The lowest BCUT2D eigenvalue weighted by molar-refractivity contribution is 0.203. The highest BCUT2D eigenvalue weighted by molar-refractivity contribution is 5.27. The second-order valence-electron chi connectivity index (χ2n) is 7.70. The molecule has 0 bridgehead atoms. The van der Waals surface area contributed by atoms with E-state index in [1.54, 1.807) is 12.3 Å². The van der Waals surface area contributed by atoms with Gasteiger partial charge in [0.2, 0.25) is 5.56 Å². The number of aromatic amines is 1. The van der Waals surface area contributed by atoms with E-state index >= 15 is 0 Å². The lowest BCUT2D eigenvalue weighted by atomic mass is 9.90. The fourth-order valence-corrected chi connectivity index (χ4v) is 4.27. The molecule has 0 radical (unpaired) electrons. The molecule has 1 aromatic carbocycles. The maximum Gasteiger partial charge on any atom is 0.248 e. The van der Waals surface area contributed by atoms with Crippen molar-refractivity contribution in [2.24, 2.45) is 0 Å². The van der Waals surface area contributed by atoms with Gasteiger partial charge in [-0.1, -0.05) is 12.1 Å². The first kappa shape index (κ1) is 17.3. The van der Waals surface area contributed by atoms with Crippen LogP contribution in [0, 0.1) is 0 Å². The summed E-state index contributed by atoms with van der Waals surface area (Å²) in [7, 11) is 0. The molecule has 138 valence electrons. The highest BCUT2D eigenvalue weighted by Gasteiger charge is 2.21. The zero-order chi connectivity index (χ0) is 17.8. The van der Waals surface area contributed by atoms with Crippen molar-refractivity contribution in [2.45, 2.75) is 57.1 Å². The summed E-state index contributed by atoms with van der Waals surface area (Å²) in [6, 6.07) is 12.4. The van der Waals surface area contributed by atoms with Gasteiger partial charge in [-0.3, -0.25) is 9.69 Å². The fourth-order valence-electron chi connectivity index (χ4n) is 4.27. The van der Waals surface area contributed by atoms with Gasteiger partial charge in [0.1, 0.15) is 5.75 Å². The van der Waals surface area contributed by atoms with Crippen LogP contribution in [0.15, 0.2) is 47.4 Å². The smallest absolute Gasteiger partial charge is 0.248 e. The molecule has 0 unspecified atom stereocenters. The van der Waals surface area contributed by atoms with Crippen LogP contribution in [0.2, 0.25) is 0 Å². The predicted octanol–water partition coefficient (Wildman–Crippen LogP) is 4.08. The summed E-state index contributed by atoms with van der Waals surface area (Å²) < 4.78 is 6.05. The van der Waals surface area contributed by atoms with Crippen molar-refractivity contribution in [1.29, 1.82) is 0 Å². The molecule has 1 aromatic heterocycles. The van der Waals surface area contributed by atoms with E-state index in [2.05, 4.69) is 34.1 Å². The number of benzene rings is 1. The Morgan fingerprint density at radius 3 is 2.42 bits per heavy atom. The second-order valence-corrected chi connectivity index (χ2v) is 7.70. The molecule has 1 aliphatic heterocycles. The maximum absolute atomic E-state index is 11.5. The van der Waals surface area contributed by atoms with Gasteiger partial charge in [-0.2, -0.15) is 0 Å². The number of ether oxygens (including phenoxy) is 1. The standard InChI is InChI=1S/C22H28N2O2/c25-22-15-19(9-12-23-22)18-10-13-24(14-11-18)16-17-5-7-21(8-6-17)26-20-3-1-2-4-20/h5-9,12,15,18,20H,1-4,10-11,13-14,16H2,(H,23,25). The van der Waals surface area contributed by atoms with Crippen LogP contribution >= 0.6 is 0 Å². The van der Waals surface area contributed by atoms with Gasteiger partial charge in [0.15, 0.2) is 0 Å². The van der Waals surface area contributed by atoms with Crippen molar-refractivity contribution < 1.29 is 4.74 Å². The zero-order valence-electron chi connectivity index (χ0n) is 15.3. The van der Waals surface area contributed by atoms with Crippen LogP contribution in [0.25, 0.3) is 0 Å². The lowest BCUT2D eigenvalue weighted by Gasteiger charge is -2.32. The molecule has 4 nitrogen and oxygen atoms in total. The second kappa shape index (κ2) is 8.09. The van der Waals surface area contributed by atoms with Gasteiger partial charge in [0.05, 0.1) is 6.10 Å². The number of hydrogen-bond acceptors (Lipinski definition) is 3. The number of nitrogens with one attached hydrogen (secondary N) is 1. The zero-order valence-corrected chi connectivity index (χ0v) is 15.3. The van der Waals surface area contributed by atoms with Crippen molar-refractivity contribution in [1.82, 2.24) is 9.88 Å². The normalized spacial score (nSPS) is 19.7. The molecule has 0 spiro atoms. The Labute approximate surface area is 155 Å². The molecule has 1 N–H and O–H groups in total. The average Bonchev–Trinajstić information content (AvgIpc) is 3.17. The summed E-state index contributed by atoms with van der Waals surface area (Å²) in [5.74, 6) is 1.52. The average molecular weight is 352 g/mol. The fraction of sp³-hybridized carbons (Fsp3) is 0.500. The Hall–Kier alpha value is -2.07. The largest absolute Gasteiger partial charge is 0.490 e. The summed E-state index contributed by atoms with van der Waals surface area (Å²) >= 11 is 0. The van der Waals surface area contributed by atoms with Gasteiger partial charge in [-0.15, -0.1) is 0 Å². The van der Waals surface area contributed by atoms with Gasteiger partial charge in [-0.05, 0) is 86.9 Å². The van der Waals surface area contributed by atoms with Crippen LogP contribution in [-0.2, 0) is 6.54 Å². The SMILES string of the molecule is O=c1cc(C2CCN(Cc3ccc(OC4CCCC4)cc3)CC2)cc[nH]1. The summed E-state index contributed by atoms with van der Waals surface area (Å²) in [5.41, 5.74) is 2.53. The van der Waals surface area contributed by atoms with E-state index in [0.29, 0.717) is 12.0 Å². The first-order valence-corrected chi connectivity index (χ1v) is 9.93. The third-order valence-corrected chi connectivity index (χ3v) is 5.79. The van der Waals surface area contributed by atoms with Crippen LogP contribution in [0.3, 0.4) is 0 Å². The number of pyridine rings is 1. The van der Waals surface area contributed by atoms with Gasteiger partial charge < -0.3 is 9.72 Å². The summed E-state index contributed by atoms with van der Waals surface area (Å²) in [6.45, 7) is 3.15. The quantitative estimate of drug-likeness (QED) is 0.882. The monoisotopic (exact) mass is 352 g/mol. The number of likely N-dealkylation sites (tertiary alicyclic amines) is 1. The number of nitrogens with zero attached hydrogens (tertiary/aromatic N) is 1. The molecule has 0 atom stereocenters. The van der Waals surface area contributed by atoms with E-state index in [-0.39, 0.29) is 5.56 Å². The van der Waals surface area contributed by atoms with Crippen LogP contribution in [-0.4, -0.2) is 29.1 Å². The van der Waals surface area contributed by atoms with Crippen molar-refractivity contribution >= 4 is 0 Å². The third kappa shape index (κ3) is 4.36. The molecule has 1 saturated carbocycles.